The van der Waals surface area contributed by atoms with Crippen molar-refractivity contribution in [3.05, 3.63) is 114 Å². The first kappa shape index (κ1) is 21.7. The van der Waals surface area contributed by atoms with E-state index >= 15 is 0 Å². The van der Waals surface area contributed by atoms with Crippen LogP contribution in [0.15, 0.2) is 97.1 Å². The van der Waals surface area contributed by atoms with Crippen molar-refractivity contribution in [1.29, 1.82) is 0 Å². The van der Waals surface area contributed by atoms with E-state index in [0.717, 1.165) is 28.0 Å². The van der Waals surface area contributed by atoms with Crippen LogP contribution < -0.4 is 5.32 Å². The van der Waals surface area contributed by atoms with Crippen LogP contribution in [-0.2, 0) is 0 Å². The SMILES string of the molecule is Cc1ccc(-n2nc(C(=O)Nc3ccc(C(C)C)cc3)cc2-c2ccc3ccccc3c2)cc1. The molecule has 1 aromatic heterocycles. The first-order chi connectivity index (χ1) is 16.5. The summed E-state index contributed by atoms with van der Waals surface area (Å²) in [5.41, 5.74) is 6.32. The summed E-state index contributed by atoms with van der Waals surface area (Å²) in [6, 6.07) is 32.6. The summed E-state index contributed by atoms with van der Waals surface area (Å²) in [5.74, 6) is 0.213. The molecule has 0 spiro atoms. The Balaban J connectivity index is 1.54. The van der Waals surface area contributed by atoms with Crippen LogP contribution in [0.2, 0.25) is 0 Å². The average molecular weight is 446 g/mol. The Morgan fingerprint density at radius 1 is 0.824 bits per heavy atom. The molecule has 1 N–H and O–H groups in total. The van der Waals surface area contributed by atoms with Crippen molar-refractivity contribution in [2.75, 3.05) is 5.32 Å². The molecular formula is C30H27N3O. The molecule has 0 fully saturated rings. The minimum atomic E-state index is -0.231. The molecule has 0 unspecified atom stereocenters. The Kier molecular flexibility index (Phi) is 5.72. The second kappa shape index (κ2) is 8.99. The molecule has 4 heteroatoms. The van der Waals surface area contributed by atoms with E-state index < -0.39 is 0 Å². The number of carbonyl (C=O) groups is 1. The van der Waals surface area contributed by atoms with Gasteiger partial charge in [0.2, 0.25) is 0 Å². The lowest BCUT2D eigenvalue weighted by atomic mass is 10.0. The molecule has 4 nitrogen and oxygen atoms in total. The highest BCUT2D eigenvalue weighted by molar-refractivity contribution is 6.03. The molecule has 0 atom stereocenters. The Hall–Kier alpha value is -4.18. The number of anilines is 1. The van der Waals surface area contributed by atoms with Crippen molar-refractivity contribution >= 4 is 22.4 Å². The molecule has 0 aliphatic rings. The van der Waals surface area contributed by atoms with Crippen LogP contribution in [0.3, 0.4) is 0 Å². The highest BCUT2D eigenvalue weighted by atomic mass is 16.1. The van der Waals surface area contributed by atoms with Gasteiger partial charge in [0.25, 0.3) is 5.91 Å². The summed E-state index contributed by atoms with van der Waals surface area (Å²) in [6.45, 7) is 6.36. The van der Waals surface area contributed by atoms with Crippen molar-refractivity contribution in [3.63, 3.8) is 0 Å². The van der Waals surface area contributed by atoms with Gasteiger partial charge in [-0.25, -0.2) is 4.68 Å². The normalized spacial score (nSPS) is 11.2. The van der Waals surface area contributed by atoms with Gasteiger partial charge in [-0.1, -0.05) is 80.1 Å². The standard InChI is InChI=1S/C30H27N3O/c1-20(2)22-12-14-26(15-13-22)31-30(34)28-19-29(33(32-28)27-16-8-21(3)9-17-27)25-11-10-23-6-4-5-7-24(23)18-25/h4-20H,1-3H3,(H,31,34). The molecule has 0 bridgehead atoms. The number of aromatic nitrogens is 2. The number of hydrogen-bond donors (Lipinski definition) is 1. The van der Waals surface area contributed by atoms with Gasteiger partial charge in [-0.3, -0.25) is 4.79 Å². The van der Waals surface area contributed by atoms with Gasteiger partial charge in [-0.05, 0) is 65.6 Å². The fourth-order valence-corrected chi connectivity index (χ4v) is 4.08. The Bertz CT molecular complexity index is 1460. The average Bonchev–Trinajstić information content (AvgIpc) is 3.30. The predicted molar refractivity (Wildman–Crippen MR) is 140 cm³/mol. The van der Waals surface area contributed by atoms with E-state index in [-0.39, 0.29) is 5.91 Å². The molecule has 0 saturated carbocycles. The zero-order chi connectivity index (χ0) is 23.7. The summed E-state index contributed by atoms with van der Waals surface area (Å²) < 4.78 is 1.85. The van der Waals surface area contributed by atoms with Crippen LogP contribution >= 0.6 is 0 Å². The number of hydrogen-bond acceptors (Lipinski definition) is 2. The number of benzene rings is 4. The zero-order valence-electron chi connectivity index (χ0n) is 19.6. The van der Waals surface area contributed by atoms with E-state index in [9.17, 15) is 4.79 Å². The zero-order valence-corrected chi connectivity index (χ0v) is 19.6. The van der Waals surface area contributed by atoms with Crippen molar-refractivity contribution in [1.82, 2.24) is 9.78 Å². The van der Waals surface area contributed by atoms with Crippen LogP contribution in [0.4, 0.5) is 5.69 Å². The lowest BCUT2D eigenvalue weighted by Gasteiger charge is -2.09. The Morgan fingerprint density at radius 2 is 1.53 bits per heavy atom. The lowest BCUT2D eigenvalue weighted by molar-refractivity contribution is 0.102. The van der Waals surface area contributed by atoms with Gasteiger partial charge in [0.1, 0.15) is 0 Å². The maximum Gasteiger partial charge on any atom is 0.276 e. The first-order valence-electron chi connectivity index (χ1n) is 11.6. The van der Waals surface area contributed by atoms with Crippen LogP contribution in [0.1, 0.15) is 41.4 Å². The third-order valence-corrected chi connectivity index (χ3v) is 6.10. The van der Waals surface area contributed by atoms with E-state index in [1.54, 1.807) is 0 Å². The maximum atomic E-state index is 13.1. The van der Waals surface area contributed by atoms with Crippen molar-refractivity contribution in [3.8, 4) is 16.9 Å². The minimum Gasteiger partial charge on any atom is -0.321 e. The van der Waals surface area contributed by atoms with E-state index in [1.807, 2.05) is 59.3 Å². The molecular weight excluding hydrogens is 418 g/mol. The number of nitrogens with zero attached hydrogens (tertiary/aromatic N) is 2. The van der Waals surface area contributed by atoms with Crippen molar-refractivity contribution in [2.45, 2.75) is 26.7 Å². The summed E-state index contributed by atoms with van der Waals surface area (Å²) in [5, 5.41) is 10.0. The number of nitrogens with one attached hydrogen (secondary N) is 1. The van der Waals surface area contributed by atoms with E-state index in [1.165, 1.54) is 16.5 Å². The third kappa shape index (κ3) is 4.35. The molecule has 0 aliphatic carbocycles. The van der Waals surface area contributed by atoms with Gasteiger partial charge in [-0.15, -0.1) is 0 Å². The van der Waals surface area contributed by atoms with Gasteiger partial charge in [0.05, 0.1) is 11.4 Å². The molecule has 0 saturated heterocycles. The highest BCUT2D eigenvalue weighted by Crippen LogP contribution is 2.28. The summed E-state index contributed by atoms with van der Waals surface area (Å²) in [4.78, 5) is 13.1. The Morgan fingerprint density at radius 3 is 2.24 bits per heavy atom. The molecule has 4 aromatic carbocycles. The summed E-state index contributed by atoms with van der Waals surface area (Å²) in [6.07, 6.45) is 0. The smallest absolute Gasteiger partial charge is 0.276 e. The van der Waals surface area contributed by atoms with Gasteiger partial charge in [0.15, 0.2) is 5.69 Å². The molecule has 5 aromatic rings. The van der Waals surface area contributed by atoms with Crippen LogP contribution in [0.5, 0.6) is 0 Å². The monoisotopic (exact) mass is 445 g/mol. The number of aryl methyl sites for hydroxylation is 1. The number of carbonyl (C=O) groups excluding carboxylic acids is 1. The predicted octanol–water partition coefficient (Wildman–Crippen LogP) is 7.38. The maximum absolute atomic E-state index is 13.1. The largest absolute Gasteiger partial charge is 0.321 e. The second-order valence-corrected chi connectivity index (χ2v) is 8.95. The first-order valence-corrected chi connectivity index (χ1v) is 11.6. The Labute approximate surface area is 199 Å². The summed E-state index contributed by atoms with van der Waals surface area (Å²) in [7, 11) is 0. The number of fused-ring (bicyclic) bond motifs is 1. The molecule has 34 heavy (non-hydrogen) atoms. The van der Waals surface area contributed by atoms with Gasteiger partial charge >= 0.3 is 0 Å². The van der Waals surface area contributed by atoms with Crippen molar-refractivity contribution in [2.24, 2.45) is 0 Å². The third-order valence-electron chi connectivity index (χ3n) is 6.10. The fraction of sp³-hybridized carbons (Fsp3) is 0.133. The van der Waals surface area contributed by atoms with Gasteiger partial charge in [-0.2, -0.15) is 5.10 Å². The van der Waals surface area contributed by atoms with E-state index in [2.05, 4.69) is 68.6 Å². The van der Waals surface area contributed by atoms with Crippen LogP contribution in [-0.4, -0.2) is 15.7 Å². The molecule has 1 amide bonds. The van der Waals surface area contributed by atoms with E-state index in [4.69, 9.17) is 5.10 Å². The molecule has 5 rings (SSSR count). The van der Waals surface area contributed by atoms with Gasteiger partial charge in [0, 0.05) is 11.3 Å². The second-order valence-electron chi connectivity index (χ2n) is 8.95. The summed E-state index contributed by atoms with van der Waals surface area (Å²) >= 11 is 0. The van der Waals surface area contributed by atoms with Gasteiger partial charge < -0.3 is 5.32 Å². The highest BCUT2D eigenvalue weighted by Gasteiger charge is 2.17. The number of amides is 1. The number of rotatable bonds is 5. The quantitative estimate of drug-likeness (QED) is 0.307. The molecule has 168 valence electrons. The molecule has 1 heterocycles. The fourth-order valence-electron chi connectivity index (χ4n) is 4.08. The lowest BCUT2D eigenvalue weighted by Crippen LogP contribution is -2.13. The van der Waals surface area contributed by atoms with Crippen LogP contribution in [0.25, 0.3) is 27.7 Å². The van der Waals surface area contributed by atoms with Crippen molar-refractivity contribution < 1.29 is 4.79 Å². The molecule has 0 aliphatic heterocycles. The minimum absolute atomic E-state index is 0.231. The van der Waals surface area contributed by atoms with E-state index in [0.29, 0.717) is 11.6 Å². The molecule has 0 radical (unpaired) electrons. The topological polar surface area (TPSA) is 46.9 Å². The van der Waals surface area contributed by atoms with Crippen LogP contribution in [0, 0.1) is 6.92 Å².